The van der Waals surface area contributed by atoms with E-state index >= 15 is 0 Å². The number of nitrogens with zero attached hydrogens (tertiary/aromatic N) is 4. The molecule has 2 N–H and O–H groups in total. The van der Waals surface area contributed by atoms with Crippen molar-refractivity contribution in [1.82, 2.24) is 19.6 Å². The van der Waals surface area contributed by atoms with E-state index in [9.17, 15) is 0 Å². The number of aromatic nitrogens is 4. The van der Waals surface area contributed by atoms with Crippen LogP contribution in [0, 0.1) is 0 Å². The van der Waals surface area contributed by atoms with Gasteiger partial charge >= 0.3 is 0 Å². The third-order valence-electron chi connectivity index (χ3n) is 3.94. The summed E-state index contributed by atoms with van der Waals surface area (Å²) in [6.45, 7) is 0. The lowest BCUT2D eigenvalue weighted by atomic mass is 10.1. The molecule has 0 aromatic carbocycles. The molecule has 0 amide bonds. The molecule has 1 fully saturated rings. The lowest BCUT2D eigenvalue weighted by Gasteiger charge is -2.10. The van der Waals surface area contributed by atoms with Gasteiger partial charge in [-0.1, -0.05) is 12.8 Å². The molecule has 102 valence electrons. The second-order valence-corrected chi connectivity index (χ2v) is 5.48. The summed E-state index contributed by atoms with van der Waals surface area (Å²) < 4.78 is 3.91. The first-order valence-corrected chi connectivity index (χ1v) is 7.00. The van der Waals surface area contributed by atoms with Gasteiger partial charge in [-0.15, -0.1) is 0 Å². The topological polar surface area (TPSA) is 61.7 Å². The van der Waals surface area contributed by atoms with Gasteiger partial charge in [0.05, 0.1) is 17.9 Å². The van der Waals surface area contributed by atoms with Crippen LogP contribution in [0.25, 0.3) is 0 Å². The van der Waals surface area contributed by atoms with E-state index in [4.69, 9.17) is 5.73 Å². The quantitative estimate of drug-likeness (QED) is 0.913. The van der Waals surface area contributed by atoms with E-state index in [1.807, 2.05) is 19.4 Å². The van der Waals surface area contributed by atoms with E-state index in [0.717, 1.165) is 17.7 Å². The highest BCUT2D eigenvalue weighted by Crippen LogP contribution is 2.29. The Hall–Kier alpha value is -1.62. The maximum atomic E-state index is 6.20. The van der Waals surface area contributed by atoms with Gasteiger partial charge in [0.1, 0.15) is 0 Å². The fraction of sp³-hybridized carbons (Fsp3) is 0.571. The van der Waals surface area contributed by atoms with Gasteiger partial charge < -0.3 is 5.73 Å². The minimum absolute atomic E-state index is 0.0272. The summed E-state index contributed by atoms with van der Waals surface area (Å²) in [5, 5.41) is 8.83. The average molecular weight is 259 g/mol. The summed E-state index contributed by atoms with van der Waals surface area (Å²) in [5.74, 6) is 0. The smallest absolute Gasteiger partial charge is 0.0643 e. The third kappa shape index (κ3) is 2.71. The molecule has 0 radical (unpaired) electrons. The zero-order valence-corrected chi connectivity index (χ0v) is 11.4. The predicted octanol–water partition coefficient (Wildman–Crippen LogP) is 1.97. The molecule has 1 aliphatic carbocycles. The van der Waals surface area contributed by atoms with Crippen LogP contribution in [0.1, 0.15) is 49.0 Å². The summed E-state index contributed by atoms with van der Waals surface area (Å²) in [4.78, 5) is 0. The van der Waals surface area contributed by atoms with Gasteiger partial charge in [-0.2, -0.15) is 10.2 Å². The van der Waals surface area contributed by atoms with Gasteiger partial charge in [0.25, 0.3) is 0 Å². The van der Waals surface area contributed by atoms with Crippen molar-refractivity contribution in [2.45, 2.75) is 44.2 Å². The summed E-state index contributed by atoms with van der Waals surface area (Å²) in [7, 11) is 1.91. The average Bonchev–Trinajstić information content (AvgIpc) is 3.07. The van der Waals surface area contributed by atoms with Crippen LogP contribution in [0.5, 0.6) is 0 Å². The van der Waals surface area contributed by atoms with Crippen LogP contribution in [-0.2, 0) is 13.5 Å². The summed E-state index contributed by atoms with van der Waals surface area (Å²) in [6, 6.07) is 2.66. The number of hydrogen-bond acceptors (Lipinski definition) is 3. The first kappa shape index (κ1) is 12.4. The maximum absolute atomic E-state index is 6.20. The highest BCUT2D eigenvalue weighted by molar-refractivity contribution is 5.13. The zero-order chi connectivity index (χ0) is 13.2. The Bertz CT molecular complexity index is 536. The van der Waals surface area contributed by atoms with E-state index < -0.39 is 0 Å². The molecule has 0 aliphatic heterocycles. The van der Waals surface area contributed by atoms with Crippen LogP contribution < -0.4 is 5.73 Å². The molecule has 5 heteroatoms. The molecule has 5 nitrogen and oxygen atoms in total. The standard InChI is InChI=1S/C14H21N5/c1-18-10-11(9-16-18)14(15)8-12-6-7-19(17-12)13-4-2-3-5-13/h6-7,9-10,13-14H,2-5,8,15H2,1H3. The van der Waals surface area contributed by atoms with Crippen molar-refractivity contribution in [2.24, 2.45) is 12.8 Å². The number of aryl methyl sites for hydroxylation is 1. The SMILES string of the molecule is Cn1cc(C(N)Cc2ccn(C3CCCC3)n2)cn1. The predicted molar refractivity (Wildman–Crippen MR) is 73.6 cm³/mol. The molecule has 2 heterocycles. The van der Waals surface area contributed by atoms with Gasteiger partial charge in [0.2, 0.25) is 0 Å². The van der Waals surface area contributed by atoms with Gasteiger partial charge in [0, 0.05) is 37.5 Å². The maximum Gasteiger partial charge on any atom is 0.0643 e. The molecule has 2 aromatic heterocycles. The lowest BCUT2D eigenvalue weighted by Crippen LogP contribution is -2.14. The van der Waals surface area contributed by atoms with Crippen LogP contribution in [0.3, 0.4) is 0 Å². The Labute approximate surface area is 113 Å². The molecule has 3 rings (SSSR count). The fourth-order valence-corrected chi connectivity index (χ4v) is 2.83. The van der Waals surface area contributed by atoms with Crippen LogP contribution >= 0.6 is 0 Å². The Morgan fingerprint density at radius 2 is 2.21 bits per heavy atom. The van der Waals surface area contributed by atoms with E-state index in [0.29, 0.717) is 6.04 Å². The molecule has 0 spiro atoms. The molecular weight excluding hydrogens is 238 g/mol. The first-order chi connectivity index (χ1) is 9.22. The van der Waals surface area contributed by atoms with E-state index in [1.54, 1.807) is 4.68 Å². The molecule has 2 aromatic rings. The van der Waals surface area contributed by atoms with Crippen LogP contribution in [0.4, 0.5) is 0 Å². The molecule has 0 saturated heterocycles. The number of nitrogens with two attached hydrogens (primary N) is 1. The second-order valence-electron chi connectivity index (χ2n) is 5.48. The minimum atomic E-state index is -0.0272. The Morgan fingerprint density at radius 1 is 1.42 bits per heavy atom. The Morgan fingerprint density at radius 3 is 2.89 bits per heavy atom. The molecule has 1 aliphatic rings. The molecule has 1 atom stereocenters. The normalized spacial score (nSPS) is 18.0. The van der Waals surface area contributed by atoms with Crippen molar-refractivity contribution in [2.75, 3.05) is 0 Å². The Kier molecular flexibility index (Phi) is 3.38. The lowest BCUT2D eigenvalue weighted by molar-refractivity contribution is 0.461. The Balaban J connectivity index is 1.66. The zero-order valence-electron chi connectivity index (χ0n) is 11.4. The van der Waals surface area contributed by atoms with Crippen molar-refractivity contribution >= 4 is 0 Å². The molecule has 1 unspecified atom stereocenters. The fourth-order valence-electron chi connectivity index (χ4n) is 2.83. The number of rotatable bonds is 4. The van der Waals surface area contributed by atoms with Crippen molar-refractivity contribution in [3.8, 4) is 0 Å². The highest BCUT2D eigenvalue weighted by Gasteiger charge is 2.18. The van der Waals surface area contributed by atoms with Crippen molar-refractivity contribution in [3.05, 3.63) is 35.9 Å². The molecular formula is C14H21N5. The van der Waals surface area contributed by atoms with Gasteiger partial charge in [-0.25, -0.2) is 0 Å². The van der Waals surface area contributed by atoms with Crippen LogP contribution in [0.2, 0.25) is 0 Å². The summed E-state index contributed by atoms with van der Waals surface area (Å²) in [6.07, 6.45) is 11.8. The minimum Gasteiger partial charge on any atom is -0.324 e. The second kappa shape index (κ2) is 5.17. The van der Waals surface area contributed by atoms with Gasteiger partial charge in [0.15, 0.2) is 0 Å². The van der Waals surface area contributed by atoms with E-state index in [-0.39, 0.29) is 6.04 Å². The van der Waals surface area contributed by atoms with Gasteiger partial charge in [-0.3, -0.25) is 9.36 Å². The monoisotopic (exact) mass is 259 g/mol. The van der Waals surface area contributed by atoms with Crippen LogP contribution in [0.15, 0.2) is 24.7 Å². The summed E-state index contributed by atoms with van der Waals surface area (Å²) >= 11 is 0. The largest absolute Gasteiger partial charge is 0.324 e. The van der Waals surface area contributed by atoms with E-state index in [2.05, 4.69) is 27.1 Å². The third-order valence-corrected chi connectivity index (χ3v) is 3.94. The van der Waals surface area contributed by atoms with Crippen molar-refractivity contribution in [1.29, 1.82) is 0 Å². The van der Waals surface area contributed by atoms with Crippen molar-refractivity contribution in [3.63, 3.8) is 0 Å². The molecule has 0 bridgehead atoms. The summed E-state index contributed by atoms with van der Waals surface area (Å²) in [5.41, 5.74) is 8.34. The van der Waals surface area contributed by atoms with E-state index in [1.165, 1.54) is 25.7 Å². The van der Waals surface area contributed by atoms with Crippen LogP contribution in [-0.4, -0.2) is 19.6 Å². The molecule has 1 saturated carbocycles. The van der Waals surface area contributed by atoms with Gasteiger partial charge in [-0.05, 0) is 18.9 Å². The van der Waals surface area contributed by atoms with Crippen molar-refractivity contribution < 1.29 is 0 Å². The molecule has 19 heavy (non-hydrogen) atoms. The highest BCUT2D eigenvalue weighted by atomic mass is 15.3. The first-order valence-electron chi connectivity index (χ1n) is 7.00. The number of hydrogen-bond donors (Lipinski definition) is 1.